The van der Waals surface area contributed by atoms with Gasteiger partial charge in [0.05, 0.1) is 6.54 Å². The van der Waals surface area contributed by atoms with Gasteiger partial charge in [0.15, 0.2) is 0 Å². The number of unbranched alkanes of at least 4 members (excludes halogenated alkanes) is 7. The monoisotopic (exact) mass is 526 g/mol. The SMILES string of the molecule is CCCCCCCCCCc1ccc(-c2noc(CNC(=O)C[C@@H]3CCN(C(=O)OC(C)(C)C)C3)n2)cc1. The Bertz CT molecular complexity index is 996. The molecule has 1 atom stereocenters. The molecule has 38 heavy (non-hydrogen) atoms. The van der Waals surface area contributed by atoms with Crippen molar-refractivity contribution in [2.75, 3.05) is 13.1 Å². The van der Waals surface area contributed by atoms with Crippen LogP contribution >= 0.6 is 0 Å². The molecule has 8 nitrogen and oxygen atoms in total. The number of aromatic nitrogens is 2. The zero-order chi connectivity index (χ0) is 27.4. The van der Waals surface area contributed by atoms with Gasteiger partial charge >= 0.3 is 6.09 Å². The van der Waals surface area contributed by atoms with Crippen molar-refractivity contribution in [3.05, 3.63) is 35.7 Å². The van der Waals surface area contributed by atoms with Gasteiger partial charge in [-0.05, 0) is 51.5 Å². The highest BCUT2D eigenvalue weighted by Crippen LogP contribution is 2.22. The Morgan fingerprint density at radius 2 is 1.74 bits per heavy atom. The standard InChI is InChI=1S/C30H46N4O4/c1-5-6-7-8-9-10-11-12-13-23-14-16-25(17-15-23)28-32-27(38-33-28)21-31-26(35)20-24-18-19-34(22-24)29(36)37-30(2,3)4/h14-17,24H,5-13,18-22H2,1-4H3,(H,31,35)/t24-/m0/s1. The topological polar surface area (TPSA) is 97.6 Å². The Morgan fingerprint density at radius 3 is 2.42 bits per heavy atom. The first kappa shape index (κ1) is 29.7. The van der Waals surface area contributed by atoms with Crippen LogP contribution in [0.3, 0.4) is 0 Å². The number of ether oxygens (including phenoxy) is 1. The first-order valence-electron chi connectivity index (χ1n) is 14.4. The van der Waals surface area contributed by atoms with Crippen LogP contribution in [0.15, 0.2) is 28.8 Å². The molecule has 210 valence electrons. The van der Waals surface area contributed by atoms with E-state index in [4.69, 9.17) is 9.26 Å². The Balaban J connectivity index is 1.34. The van der Waals surface area contributed by atoms with Gasteiger partial charge < -0.3 is 19.5 Å². The van der Waals surface area contributed by atoms with Crippen LogP contribution in [-0.4, -0.2) is 45.7 Å². The number of carbonyl (C=O) groups excluding carboxylic acids is 2. The van der Waals surface area contributed by atoms with Crippen LogP contribution < -0.4 is 5.32 Å². The highest BCUT2D eigenvalue weighted by atomic mass is 16.6. The van der Waals surface area contributed by atoms with Crippen LogP contribution in [-0.2, 0) is 22.5 Å². The lowest BCUT2D eigenvalue weighted by atomic mass is 10.0. The van der Waals surface area contributed by atoms with Gasteiger partial charge in [-0.15, -0.1) is 0 Å². The zero-order valence-electron chi connectivity index (χ0n) is 23.8. The summed E-state index contributed by atoms with van der Waals surface area (Å²) in [7, 11) is 0. The van der Waals surface area contributed by atoms with Crippen LogP contribution in [0.5, 0.6) is 0 Å². The van der Waals surface area contributed by atoms with E-state index in [0.29, 0.717) is 31.2 Å². The predicted molar refractivity (Wildman–Crippen MR) is 148 cm³/mol. The van der Waals surface area contributed by atoms with Crippen molar-refractivity contribution in [3.8, 4) is 11.4 Å². The van der Waals surface area contributed by atoms with E-state index in [1.165, 1.54) is 56.9 Å². The first-order valence-corrected chi connectivity index (χ1v) is 14.4. The number of benzene rings is 1. The molecule has 0 aliphatic carbocycles. The number of amides is 2. The summed E-state index contributed by atoms with van der Waals surface area (Å²) < 4.78 is 10.8. The molecule has 0 saturated carbocycles. The fraction of sp³-hybridized carbons (Fsp3) is 0.667. The molecule has 1 fully saturated rings. The molecule has 0 spiro atoms. The number of nitrogens with one attached hydrogen (secondary N) is 1. The minimum Gasteiger partial charge on any atom is -0.444 e. The number of hydrogen-bond acceptors (Lipinski definition) is 6. The molecule has 0 radical (unpaired) electrons. The highest BCUT2D eigenvalue weighted by Gasteiger charge is 2.30. The second-order valence-corrected chi connectivity index (χ2v) is 11.5. The zero-order valence-corrected chi connectivity index (χ0v) is 23.8. The molecule has 1 aromatic carbocycles. The second-order valence-electron chi connectivity index (χ2n) is 11.5. The maximum absolute atomic E-state index is 12.4. The molecular weight excluding hydrogens is 480 g/mol. The van der Waals surface area contributed by atoms with Crippen molar-refractivity contribution in [2.45, 2.75) is 110 Å². The third-order valence-corrected chi connectivity index (χ3v) is 6.85. The van der Waals surface area contributed by atoms with Gasteiger partial charge in [-0.3, -0.25) is 4.79 Å². The summed E-state index contributed by atoms with van der Waals surface area (Å²) in [5.74, 6) is 0.922. The minimum absolute atomic E-state index is 0.0916. The van der Waals surface area contributed by atoms with Crippen molar-refractivity contribution in [1.29, 1.82) is 0 Å². The summed E-state index contributed by atoms with van der Waals surface area (Å²) >= 11 is 0. The number of aryl methyl sites for hydroxylation is 1. The normalized spacial score (nSPS) is 15.6. The van der Waals surface area contributed by atoms with Crippen molar-refractivity contribution >= 4 is 12.0 Å². The molecule has 0 bridgehead atoms. The minimum atomic E-state index is -0.523. The lowest BCUT2D eigenvalue weighted by Gasteiger charge is -2.24. The Morgan fingerprint density at radius 1 is 1.05 bits per heavy atom. The molecule has 2 amide bonds. The third kappa shape index (κ3) is 10.5. The molecule has 2 heterocycles. The van der Waals surface area contributed by atoms with E-state index in [1.54, 1.807) is 4.90 Å². The van der Waals surface area contributed by atoms with Gasteiger partial charge in [-0.1, -0.05) is 81.3 Å². The molecule has 1 aromatic heterocycles. The Kier molecular flexibility index (Phi) is 11.6. The molecular formula is C30H46N4O4. The molecule has 0 unspecified atom stereocenters. The van der Waals surface area contributed by atoms with Crippen LogP contribution in [0.25, 0.3) is 11.4 Å². The maximum atomic E-state index is 12.4. The summed E-state index contributed by atoms with van der Waals surface area (Å²) in [6.07, 6.45) is 12.5. The quantitative estimate of drug-likeness (QED) is 0.276. The summed E-state index contributed by atoms with van der Waals surface area (Å²) in [5, 5.41) is 6.94. The van der Waals surface area contributed by atoms with Gasteiger partial charge in [0, 0.05) is 25.1 Å². The van der Waals surface area contributed by atoms with Crippen LogP contribution in [0.4, 0.5) is 4.79 Å². The number of hydrogen-bond donors (Lipinski definition) is 1. The van der Waals surface area contributed by atoms with E-state index < -0.39 is 5.60 Å². The van der Waals surface area contributed by atoms with Crippen LogP contribution in [0.1, 0.15) is 103 Å². The average Bonchev–Trinajstić information content (AvgIpc) is 3.54. The van der Waals surface area contributed by atoms with Gasteiger partial charge in [-0.25, -0.2) is 4.79 Å². The lowest BCUT2D eigenvalue weighted by molar-refractivity contribution is -0.122. The molecule has 8 heteroatoms. The van der Waals surface area contributed by atoms with Crippen LogP contribution in [0.2, 0.25) is 0 Å². The van der Waals surface area contributed by atoms with E-state index in [9.17, 15) is 9.59 Å². The third-order valence-electron chi connectivity index (χ3n) is 6.85. The molecule has 1 aliphatic heterocycles. The maximum Gasteiger partial charge on any atom is 0.410 e. The summed E-state index contributed by atoms with van der Waals surface area (Å²) in [4.78, 5) is 30.8. The first-order chi connectivity index (χ1) is 18.2. The van der Waals surface area contributed by atoms with E-state index in [1.807, 2.05) is 32.9 Å². The van der Waals surface area contributed by atoms with Crippen LogP contribution in [0, 0.1) is 5.92 Å². The molecule has 3 rings (SSSR count). The number of carbonyl (C=O) groups is 2. The molecule has 1 N–H and O–H groups in total. The van der Waals surface area contributed by atoms with Gasteiger partial charge in [0.25, 0.3) is 0 Å². The fourth-order valence-corrected chi connectivity index (χ4v) is 4.73. The van der Waals surface area contributed by atoms with Crippen molar-refractivity contribution in [2.24, 2.45) is 5.92 Å². The summed E-state index contributed by atoms with van der Waals surface area (Å²) in [6.45, 7) is 9.13. The van der Waals surface area contributed by atoms with E-state index in [0.717, 1.165) is 18.4 Å². The van der Waals surface area contributed by atoms with E-state index in [-0.39, 0.29) is 24.5 Å². The van der Waals surface area contributed by atoms with E-state index >= 15 is 0 Å². The number of rotatable bonds is 14. The number of likely N-dealkylation sites (tertiary alicyclic amines) is 1. The molecule has 1 aliphatic rings. The van der Waals surface area contributed by atoms with Crippen molar-refractivity contribution in [1.82, 2.24) is 20.4 Å². The largest absolute Gasteiger partial charge is 0.444 e. The van der Waals surface area contributed by atoms with Gasteiger partial charge in [0.1, 0.15) is 5.60 Å². The Hall–Kier alpha value is -2.90. The van der Waals surface area contributed by atoms with Gasteiger partial charge in [-0.2, -0.15) is 4.98 Å². The summed E-state index contributed by atoms with van der Waals surface area (Å²) in [5.41, 5.74) is 1.71. The van der Waals surface area contributed by atoms with Crippen molar-refractivity contribution < 1.29 is 18.8 Å². The van der Waals surface area contributed by atoms with Crippen molar-refractivity contribution in [3.63, 3.8) is 0 Å². The number of nitrogens with zero attached hydrogens (tertiary/aromatic N) is 3. The lowest BCUT2D eigenvalue weighted by Crippen LogP contribution is -2.35. The molecule has 2 aromatic rings. The Labute approximate surface area is 227 Å². The smallest absolute Gasteiger partial charge is 0.410 e. The van der Waals surface area contributed by atoms with E-state index in [2.05, 4.69) is 34.5 Å². The predicted octanol–water partition coefficient (Wildman–Crippen LogP) is 6.68. The molecule has 1 saturated heterocycles. The van der Waals surface area contributed by atoms with Gasteiger partial charge in [0.2, 0.25) is 17.6 Å². The summed E-state index contributed by atoms with van der Waals surface area (Å²) in [6, 6.07) is 8.33. The second kappa shape index (κ2) is 14.9. The average molecular weight is 527 g/mol. The fourth-order valence-electron chi connectivity index (χ4n) is 4.73. The highest BCUT2D eigenvalue weighted by molar-refractivity contribution is 5.76.